The second kappa shape index (κ2) is 5.06. The zero-order valence-corrected chi connectivity index (χ0v) is 10.0. The van der Waals surface area contributed by atoms with Crippen LogP contribution in [0.25, 0.3) is 10.4 Å². The number of aryl methyl sites for hydroxylation is 1. The van der Waals surface area contributed by atoms with Gasteiger partial charge in [-0.1, -0.05) is 11.2 Å². The van der Waals surface area contributed by atoms with Crippen LogP contribution >= 0.6 is 0 Å². The van der Waals surface area contributed by atoms with Crippen molar-refractivity contribution < 1.29 is 9.18 Å². The van der Waals surface area contributed by atoms with Crippen LogP contribution in [0, 0.1) is 18.7 Å². The summed E-state index contributed by atoms with van der Waals surface area (Å²) in [5.74, 6) is -0.368. The minimum absolute atomic E-state index is 0.0118. The van der Waals surface area contributed by atoms with Gasteiger partial charge < -0.3 is 4.90 Å². The fourth-order valence-electron chi connectivity index (χ4n) is 2.06. The summed E-state index contributed by atoms with van der Waals surface area (Å²) in [6, 6.07) is 4.74. The summed E-state index contributed by atoms with van der Waals surface area (Å²) in [4.78, 5) is 16.0. The molecule has 1 aromatic rings. The molecule has 18 heavy (non-hydrogen) atoms. The van der Waals surface area contributed by atoms with E-state index in [1.54, 1.807) is 24.0 Å². The lowest BCUT2D eigenvalue weighted by molar-refractivity contribution is -0.117. The smallest absolute Gasteiger partial charge is 0.227 e. The number of carbonyl (C=O) groups excluding carboxylic acids is 1. The van der Waals surface area contributed by atoms with E-state index in [9.17, 15) is 9.18 Å². The summed E-state index contributed by atoms with van der Waals surface area (Å²) >= 11 is 0. The standard InChI is InChI=1S/C12H13FN4O/c1-8-2-3-10(5-11(8)13)17-7-9(4-12(17)18)6-15-16-14/h2-3,5,9H,4,6-7H2,1H3. The summed E-state index contributed by atoms with van der Waals surface area (Å²) in [6.45, 7) is 2.45. The van der Waals surface area contributed by atoms with E-state index in [1.165, 1.54) is 6.07 Å². The van der Waals surface area contributed by atoms with Crippen molar-refractivity contribution in [1.82, 2.24) is 0 Å². The fraction of sp³-hybridized carbons (Fsp3) is 0.417. The molecule has 0 bridgehead atoms. The van der Waals surface area contributed by atoms with Gasteiger partial charge in [-0.05, 0) is 36.1 Å². The highest BCUT2D eigenvalue weighted by Crippen LogP contribution is 2.26. The SMILES string of the molecule is Cc1ccc(N2CC(CN=[N+]=[N-])CC2=O)cc1F. The van der Waals surface area contributed by atoms with Gasteiger partial charge in [-0.2, -0.15) is 0 Å². The largest absolute Gasteiger partial charge is 0.312 e. The lowest BCUT2D eigenvalue weighted by Crippen LogP contribution is -2.24. The first-order chi connectivity index (χ1) is 8.61. The minimum atomic E-state index is -0.321. The molecular formula is C12H13FN4O. The number of hydrogen-bond acceptors (Lipinski definition) is 2. The van der Waals surface area contributed by atoms with Crippen LogP contribution in [0.1, 0.15) is 12.0 Å². The van der Waals surface area contributed by atoms with Crippen molar-refractivity contribution in [1.29, 1.82) is 0 Å². The molecule has 5 nitrogen and oxygen atoms in total. The van der Waals surface area contributed by atoms with Crippen LogP contribution in [0.4, 0.5) is 10.1 Å². The van der Waals surface area contributed by atoms with Gasteiger partial charge >= 0.3 is 0 Å². The molecule has 0 aromatic heterocycles. The highest BCUT2D eigenvalue weighted by molar-refractivity contribution is 5.95. The highest BCUT2D eigenvalue weighted by atomic mass is 19.1. The van der Waals surface area contributed by atoms with Crippen molar-refractivity contribution in [2.45, 2.75) is 13.3 Å². The van der Waals surface area contributed by atoms with E-state index in [4.69, 9.17) is 5.53 Å². The summed E-state index contributed by atoms with van der Waals surface area (Å²) in [7, 11) is 0. The Morgan fingerprint density at radius 2 is 2.39 bits per heavy atom. The number of carbonyl (C=O) groups is 1. The molecule has 1 aliphatic rings. The third-order valence-corrected chi connectivity index (χ3v) is 3.08. The first-order valence-electron chi connectivity index (χ1n) is 5.69. The normalized spacial score (nSPS) is 18.9. The number of azide groups is 1. The predicted molar refractivity (Wildman–Crippen MR) is 65.6 cm³/mol. The van der Waals surface area contributed by atoms with Crippen molar-refractivity contribution in [3.05, 3.63) is 40.0 Å². The van der Waals surface area contributed by atoms with Crippen molar-refractivity contribution in [3.63, 3.8) is 0 Å². The van der Waals surface area contributed by atoms with Gasteiger partial charge in [0.05, 0.1) is 0 Å². The van der Waals surface area contributed by atoms with Gasteiger partial charge in [0.25, 0.3) is 0 Å². The molecule has 1 unspecified atom stereocenters. The molecule has 0 N–H and O–H groups in total. The van der Waals surface area contributed by atoms with Crippen molar-refractivity contribution in [2.24, 2.45) is 11.0 Å². The van der Waals surface area contributed by atoms with Gasteiger partial charge in [0.15, 0.2) is 0 Å². The number of hydrogen-bond donors (Lipinski definition) is 0. The van der Waals surface area contributed by atoms with E-state index < -0.39 is 0 Å². The number of halogens is 1. The van der Waals surface area contributed by atoms with Crippen LogP contribution in [0.3, 0.4) is 0 Å². The zero-order valence-electron chi connectivity index (χ0n) is 10.0. The lowest BCUT2D eigenvalue weighted by atomic mass is 10.1. The Bertz CT molecular complexity index is 525. The molecule has 1 amide bonds. The Labute approximate surface area is 104 Å². The Morgan fingerprint density at radius 3 is 3.06 bits per heavy atom. The maximum atomic E-state index is 13.5. The van der Waals surface area contributed by atoms with Gasteiger partial charge in [-0.3, -0.25) is 4.79 Å². The minimum Gasteiger partial charge on any atom is -0.312 e. The summed E-state index contributed by atoms with van der Waals surface area (Å²) in [6.07, 6.45) is 0.342. The van der Waals surface area contributed by atoms with E-state index in [-0.39, 0.29) is 17.6 Å². The third kappa shape index (κ3) is 2.43. The second-order valence-electron chi connectivity index (χ2n) is 4.42. The molecule has 1 atom stereocenters. The highest BCUT2D eigenvalue weighted by Gasteiger charge is 2.30. The Hall–Kier alpha value is -2.07. The lowest BCUT2D eigenvalue weighted by Gasteiger charge is -2.17. The van der Waals surface area contributed by atoms with Gasteiger partial charge in [0.1, 0.15) is 5.82 Å². The quantitative estimate of drug-likeness (QED) is 0.460. The van der Waals surface area contributed by atoms with Crippen LogP contribution in [0.15, 0.2) is 23.3 Å². The number of amides is 1. The second-order valence-corrected chi connectivity index (χ2v) is 4.42. The molecule has 1 saturated heterocycles. The van der Waals surface area contributed by atoms with Gasteiger partial charge in [-0.25, -0.2) is 4.39 Å². The monoisotopic (exact) mass is 248 g/mol. The van der Waals surface area contributed by atoms with Crippen LogP contribution in [0.5, 0.6) is 0 Å². The van der Waals surface area contributed by atoms with Crippen LogP contribution in [-0.2, 0) is 4.79 Å². The zero-order chi connectivity index (χ0) is 13.1. The van der Waals surface area contributed by atoms with Crippen LogP contribution in [0.2, 0.25) is 0 Å². The van der Waals surface area contributed by atoms with E-state index in [0.717, 1.165) is 0 Å². The van der Waals surface area contributed by atoms with E-state index in [1.807, 2.05) is 0 Å². The Morgan fingerprint density at radius 1 is 1.61 bits per heavy atom. The third-order valence-electron chi connectivity index (χ3n) is 3.08. The number of nitrogens with zero attached hydrogens (tertiary/aromatic N) is 4. The number of anilines is 1. The van der Waals surface area contributed by atoms with Gasteiger partial charge in [0.2, 0.25) is 5.91 Å². The number of rotatable bonds is 3. The first-order valence-corrected chi connectivity index (χ1v) is 5.69. The average molecular weight is 248 g/mol. The van der Waals surface area contributed by atoms with E-state index in [0.29, 0.717) is 30.8 Å². The van der Waals surface area contributed by atoms with Crippen molar-refractivity contribution >= 4 is 11.6 Å². The summed E-state index contributed by atoms with van der Waals surface area (Å²) in [5.41, 5.74) is 9.37. The molecule has 0 spiro atoms. The van der Waals surface area contributed by atoms with Crippen LogP contribution in [-0.4, -0.2) is 19.0 Å². The molecular weight excluding hydrogens is 235 g/mol. The molecule has 94 valence electrons. The molecule has 1 heterocycles. The molecule has 2 rings (SSSR count). The summed E-state index contributed by atoms with van der Waals surface area (Å²) < 4.78 is 13.5. The molecule has 1 aliphatic heterocycles. The van der Waals surface area contributed by atoms with Crippen molar-refractivity contribution in [2.75, 3.05) is 18.0 Å². The molecule has 0 radical (unpaired) electrons. The Balaban J connectivity index is 2.16. The molecule has 0 saturated carbocycles. The number of benzene rings is 1. The summed E-state index contributed by atoms with van der Waals surface area (Å²) in [5, 5.41) is 3.48. The molecule has 6 heteroatoms. The fourth-order valence-corrected chi connectivity index (χ4v) is 2.06. The van der Waals surface area contributed by atoms with Gasteiger partial charge in [0, 0.05) is 30.1 Å². The first kappa shape index (κ1) is 12.4. The predicted octanol–water partition coefficient (Wildman–Crippen LogP) is 2.80. The molecule has 0 aliphatic carbocycles. The van der Waals surface area contributed by atoms with E-state index in [2.05, 4.69) is 10.0 Å². The Kier molecular flexibility index (Phi) is 3.48. The van der Waals surface area contributed by atoms with Crippen LogP contribution < -0.4 is 4.90 Å². The van der Waals surface area contributed by atoms with E-state index >= 15 is 0 Å². The maximum absolute atomic E-state index is 13.5. The average Bonchev–Trinajstić information content (AvgIpc) is 2.71. The topological polar surface area (TPSA) is 69.1 Å². The maximum Gasteiger partial charge on any atom is 0.227 e. The molecule has 1 aromatic carbocycles. The molecule has 1 fully saturated rings. The van der Waals surface area contributed by atoms with Gasteiger partial charge in [-0.15, -0.1) is 0 Å². The van der Waals surface area contributed by atoms with Crippen molar-refractivity contribution in [3.8, 4) is 0 Å².